The molecule has 9 nitrogen and oxygen atoms in total. The molecule has 3 aliphatic carbocycles. The van der Waals surface area contributed by atoms with Crippen molar-refractivity contribution in [3.63, 3.8) is 0 Å². The number of benzene rings is 2. The third kappa shape index (κ3) is 4.21. The van der Waals surface area contributed by atoms with Crippen LogP contribution >= 0.6 is 0 Å². The van der Waals surface area contributed by atoms with Gasteiger partial charge in [0.2, 0.25) is 0 Å². The lowest BCUT2D eigenvalue weighted by Crippen LogP contribution is -2.51. The van der Waals surface area contributed by atoms with E-state index in [0.29, 0.717) is 34.2 Å². The van der Waals surface area contributed by atoms with Gasteiger partial charge in [0.1, 0.15) is 17.2 Å². The van der Waals surface area contributed by atoms with E-state index in [1.807, 2.05) is 18.2 Å². The molecule has 4 aromatic rings. The minimum absolute atomic E-state index is 0.0459. The molecule has 1 N–H and O–H groups in total. The number of para-hydroxylation sites is 1. The number of alkyl halides is 3. The molecule has 4 fully saturated rings. The molecule has 0 radical (unpaired) electrons. The molecule has 1 aliphatic heterocycles. The van der Waals surface area contributed by atoms with Crippen molar-refractivity contribution in [1.29, 1.82) is 0 Å². The van der Waals surface area contributed by atoms with Crippen LogP contribution in [0.15, 0.2) is 47.0 Å². The molecule has 5 atom stereocenters. The fraction of sp³-hybridized carbons (Fsp3) is 0.469. The van der Waals surface area contributed by atoms with E-state index in [0.717, 1.165) is 43.3 Å². The lowest BCUT2D eigenvalue weighted by Gasteiger charge is -2.48. The van der Waals surface area contributed by atoms with E-state index >= 15 is 0 Å². The maximum absolute atomic E-state index is 13.2. The number of ether oxygens (including phenoxy) is 2. The lowest BCUT2D eigenvalue weighted by molar-refractivity contribution is -0.274. The number of anilines is 1. The summed E-state index contributed by atoms with van der Waals surface area (Å²) in [5, 5.41) is 18.7. The zero-order valence-corrected chi connectivity index (χ0v) is 24.2. The van der Waals surface area contributed by atoms with E-state index in [-0.39, 0.29) is 47.2 Å². The molecule has 44 heavy (non-hydrogen) atoms. The van der Waals surface area contributed by atoms with Gasteiger partial charge in [0.25, 0.3) is 0 Å². The molecule has 230 valence electrons. The summed E-state index contributed by atoms with van der Waals surface area (Å²) in [6.45, 7) is 2.44. The van der Waals surface area contributed by atoms with Gasteiger partial charge >= 0.3 is 12.3 Å². The van der Waals surface area contributed by atoms with Crippen molar-refractivity contribution in [2.24, 2.45) is 18.9 Å². The summed E-state index contributed by atoms with van der Waals surface area (Å²) >= 11 is 0. The highest BCUT2D eigenvalue weighted by Crippen LogP contribution is 2.68. The van der Waals surface area contributed by atoms with E-state index in [9.17, 15) is 23.1 Å². The number of carboxylic acid groups (broad SMARTS) is 1. The fourth-order valence-electron chi connectivity index (χ4n) is 8.12. The quantitative estimate of drug-likeness (QED) is 0.222. The molecule has 3 saturated carbocycles. The van der Waals surface area contributed by atoms with Crippen LogP contribution in [0, 0.1) is 11.8 Å². The number of carbonyl (C=O) groups is 1. The van der Waals surface area contributed by atoms with Gasteiger partial charge in [-0.05, 0) is 74.3 Å². The third-order valence-corrected chi connectivity index (χ3v) is 10.2. The van der Waals surface area contributed by atoms with Crippen LogP contribution in [0.3, 0.4) is 0 Å². The van der Waals surface area contributed by atoms with Crippen LogP contribution in [0.1, 0.15) is 66.8 Å². The Bertz CT molecular complexity index is 1800. The van der Waals surface area contributed by atoms with Crippen molar-refractivity contribution in [2.45, 2.75) is 75.6 Å². The summed E-state index contributed by atoms with van der Waals surface area (Å²) < 4.78 is 57.7. The number of halogens is 3. The van der Waals surface area contributed by atoms with Gasteiger partial charge < -0.3 is 24.0 Å². The Morgan fingerprint density at radius 2 is 1.98 bits per heavy atom. The summed E-state index contributed by atoms with van der Waals surface area (Å²) in [5.41, 5.74) is 3.08. The topological polar surface area (TPSA) is 103 Å². The first kappa shape index (κ1) is 27.5. The first-order valence-electron chi connectivity index (χ1n) is 15.0. The van der Waals surface area contributed by atoms with E-state index < -0.39 is 12.3 Å². The Balaban J connectivity index is 1.05. The van der Waals surface area contributed by atoms with Gasteiger partial charge in [0.05, 0.1) is 29.8 Å². The van der Waals surface area contributed by atoms with E-state index in [4.69, 9.17) is 9.26 Å². The van der Waals surface area contributed by atoms with Gasteiger partial charge in [-0.2, -0.15) is 5.10 Å². The minimum atomic E-state index is -4.84. The van der Waals surface area contributed by atoms with Crippen molar-refractivity contribution >= 4 is 22.6 Å². The highest BCUT2D eigenvalue weighted by Gasteiger charge is 2.75. The second kappa shape index (κ2) is 9.47. The van der Waals surface area contributed by atoms with Gasteiger partial charge in [0, 0.05) is 35.2 Å². The van der Waals surface area contributed by atoms with Gasteiger partial charge in [-0.15, -0.1) is 13.2 Å². The second-order valence-electron chi connectivity index (χ2n) is 12.7. The highest BCUT2D eigenvalue weighted by atomic mass is 19.4. The number of nitrogens with zero attached hydrogens (tertiary/aromatic N) is 4. The molecule has 8 rings (SSSR count). The molecule has 0 amide bonds. The summed E-state index contributed by atoms with van der Waals surface area (Å²) in [7, 11) is 1.74. The zero-order chi connectivity index (χ0) is 30.5. The normalized spacial score (nSPS) is 27.5. The maximum Gasteiger partial charge on any atom is 0.573 e. The molecule has 2 aromatic carbocycles. The van der Waals surface area contributed by atoms with Crippen molar-refractivity contribution < 1.29 is 37.1 Å². The number of hydrogen-bond donors (Lipinski definition) is 1. The standard InChI is InChI=1S/C32H31F3N4O5/c1-16-14-31-23(16)12-19(13-26(31)39(31)18-9-10-24-21(11-18)28(30(40)41)36-38(24)2)42-15-22-27(37-44-29(22)17-7-8-17)20-5-3-4-6-25(20)43-32(33,34)35/h3-6,9-11,16-17,19,23,26H,7-8,12-15H2,1-2H3,(H,40,41)/t16-,19?,23?,26?,31?,39?/m1/s1. The predicted molar refractivity (Wildman–Crippen MR) is 152 cm³/mol. The van der Waals surface area contributed by atoms with Crippen molar-refractivity contribution in [1.82, 2.24) is 14.9 Å². The average molecular weight is 609 g/mol. The summed E-state index contributed by atoms with van der Waals surface area (Å²) in [5.74, 6) is 0.423. The maximum atomic E-state index is 13.2. The number of aryl methyl sites for hydroxylation is 1. The van der Waals surface area contributed by atoms with Gasteiger partial charge in [-0.3, -0.25) is 4.68 Å². The number of aromatic carboxylic acids is 1. The van der Waals surface area contributed by atoms with Crippen LogP contribution in [0.25, 0.3) is 22.2 Å². The number of hydrogen-bond acceptors (Lipinski definition) is 7. The van der Waals surface area contributed by atoms with Crippen LogP contribution in [0.2, 0.25) is 0 Å². The molecular formula is C32H31F3N4O5. The first-order chi connectivity index (χ1) is 21.0. The Hall–Kier alpha value is -4.06. The zero-order valence-electron chi connectivity index (χ0n) is 24.2. The largest absolute Gasteiger partial charge is 0.573 e. The average Bonchev–Trinajstić information content (AvgIpc) is 3.85. The Morgan fingerprint density at radius 3 is 2.70 bits per heavy atom. The highest BCUT2D eigenvalue weighted by molar-refractivity contribution is 6.02. The molecule has 2 aromatic heterocycles. The number of fused-ring (bicyclic) bond motifs is 1. The number of rotatable bonds is 8. The monoisotopic (exact) mass is 608 g/mol. The fourth-order valence-corrected chi connectivity index (χ4v) is 8.12. The summed E-state index contributed by atoms with van der Waals surface area (Å²) in [6, 6.07) is 12.2. The smallest absolute Gasteiger partial charge is 0.476 e. The Kier molecular flexibility index (Phi) is 5.91. The van der Waals surface area contributed by atoms with Crippen LogP contribution in [0.5, 0.6) is 5.75 Å². The van der Waals surface area contributed by atoms with Crippen LogP contribution in [-0.4, -0.2) is 50.1 Å². The Labute approximate surface area is 250 Å². The minimum Gasteiger partial charge on any atom is -0.476 e. The van der Waals surface area contributed by atoms with Crippen molar-refractivity contribution in [3.8, 4) is 17.0 Å². The number of carboxylic acids is 1. The molecule has 3 heterocycles. The van der Waals surface area contributed by atoms with E-state index in [1.54, 1.807) is 23.9 Å². The first-order valence-corrected chi connectivity index (χ1v) is 15.0. The van der Waals surface area contributed by atoms with E-state index in [2.05, 4.69) is 26.8 Å². The van der Waals surface area contributed by atoms with Crippen LogP contribution < -0.4 is 9.64 Å². The second-order valence-corrected chi connectivity index (χ2v) is 12.7. The van der Waals surface area contributed by atoms with E-state index in [1.165, 1.54) is 12.1 Å². The summed E-state index contributed by atoms with van der Waals surface area (Å²) in [4.78, 5) is 14.3. The molecule has 1 spiro atoms. The van der Waals surface area contributed by atoms with Crippen molar-refractivity contribution in [2.75, 3.05) is 4.90 Å². The Morgan fingerprint density at radius 1 is 1.18 bits per heavy atom. The predicted octanol–water partition coefficient (Wildman–Crippen LogP) is 6.67. The van der Waals surface area contributed by atoms with Gasteiger partial charge in [0.15, 0.2) is 5.69 Å². The molecular weight excluding hydrogens is 577 g/mol. The third-order valence-electron chi connectivity index (χ3n) is 10.2. The van der Waals surface area contributed by atoms with Crippen LogP contribution in [0.4, 0.5) is 18.9 Å². The number of aromatic nitrogens is 3. The summed E-state index contributed by atoms with van der Waals surface area (Å²) in [6.07, 6.45) is -0.269. The van der Waals surface area contributed by atoms with Crippen molar-refractivity contribution in [3.05, 3.63) is 59.5 Å². The van der Waals surface area contributed by atoms with Gasteiger partial charge in [-0.25, -0.2) is 4.79 Å². The molecule has 4 aliphatic rings. The SMILES string of the molecule is C[C@@H]1CC23C1CC(OCc1c(-c4ccccc4OC(F)(F)F)noc1C1CC1)CC2N3c1ccc2c(c1)c(C(=O)O)nn2C. The lowest BCUT2D eigenvalue weighted by atomic mass is 9.58. The molecule has 0 bridgehead atoms. The molecule has 12 heteroatoms. The van der Waals surface area contributed by atoms with Crippen LogP contribution in [-0.2, 0) is 18.4 Å². The van der Waals surface area contributed by atoms with Gasteiger partial charge in [-0.1, -0.05) is 24.2 Å². The molecule has 1 saturated heterocycles. The molecule has 4 unspecified atom stereocenters.